The highest BCUT2D eigenvalue weighted by atomic mass is 13.9. The van der Waals surface area contributed by atoms with E-state index in [1.807, 2.05) is 41.5 Å². The average molecular weight is 204 g/mol. The van der Waals surface area contributed by atoms with E-state index in [0.29, 0.717) is 0 Å². The van der Waals surface area contributed by atoms with E-state index in [2.05, 4.69) is 33.9 Å². The van der Waals surface area contributed by atoms with Crippen molar-refractivity contribution in [3.05, 3.63) is 13.2 Å². The Bertz CT molecular complexity index is 27.0. The molecular weight excluding hydrogens is 168 g/mol. The smallest absolute Gasteiger partial charge is 0.0448 e. The first-order valence-corrected chi connectivity index (χ1v) is 6.31. The lowest BCUT2D eigenvalue weighted by Gasteiger charge is -1.98. The van der Waals surface area contributed by atoms with Crippen LogP contribution in [-0.2, 0) is 0 Å². The monoisotopic (exact) mass is 204 g/mol. The SMILES string of the molecule is C=C.CC.CC.CC.CCC(C)CC. The second-order valence-corrected chi connectivity index (χ2v) is 1.92. The zero-order valence-corrected chi connectivity index (χ0v) is 12.4. The average Bonchev–Trinajstić information content (AvgIpc) is 2.38. The second-order valence-electron chi connectivity index (χ2n) is 1.92. The normalized spacial score (nSPS) is 5.86. The Hall–Kier alpha value is -0.260. The van der Waals surface area contributed by atoms with Gasteiger partial charge in [-0.3, -0.25) is 0 Å². The zero-order chi connectivity index (χ0) is 13.0. The van der Waals surface area contributed by atoms with Crippen LogP contribution in [0.2, 0.25) is 0 Å². The molecule has 0 atom stereocenters. The van der Waals surface area contributed by atoms with Crippen molar-refractivity contribution in [2.45, 2.75) is 75.2 Å². The lowest BCUT2D eigenvalue weighted by atomic mass is 10.1. The minimum absolute atomic E-state index is 0.935. The molecule has 0 saturated heterocycles. The molecule has 0 amide bonds. The van der Waals surface area contributed by atoms with Gasteiger partial charge < -0.3 is 0 Å². The van der Waals surface area contributed by atoms with E-state index in [1.54, 1.807) is 0 Å². The molecule has 0 N–H and O–H groups in total. The van der Waals surface area contributed by atoms with Gasteiger partial charge in [0, 0.05) is 0 Å². The van der Waals surface area contributed by atoms with Crippen molar-refractivity contribution in [1.29, 1.82) is 0 Å². The molecule has 14 heavy (non-hydrogen) atoms. The molecule has 92 valence electrons. The fourth-order valence-electron chi connectivity index (χ4n) is 0.289. The van der Waals surface area contributed by atoms with Crippen LogP contribution in [0.5, 0.6) is 0 Å². The first-order valence-electron chi connectivity index (χ1n) is 6.31. The van der Waals surface area contributed by atoms with Crippen LogP contribution in [0.4, 0.5) is 0 Å². The Labute approximate surface area is 94.8 Å². The maximum atomic E-state index is 3.00. The molecule has 0 unspecified atom stereocenters. The van der Waals surface area contributed by atoms with E-state index >= 15 is 0 Å². The summed E-state index contributed by atoms with van der Waals surface area (Å²) >= 11 is 0. The molecule has 0 radical (unpaired) electrons. The van der Waals surface area contributed by atoms with Crippen molar-refractivity contribution in [2.24, 2.45) is 5.92 Å². The largest absolute Gasteiger partial charge is 0.106 e. The molecule has 0 heterocycles. The van der Waals surface area contributed by atoms with Crippen LogP contribution in [0.25, 0.3) is 0 Å². The summed E-state index contributed by atoms with van der Waals surface area (Å²) in [5, 5.41) is 0. The summed E-state index contributed by atoms with van der Waals surface area (Å²) < 4.78 is 0. The van der Waals surface area contributed by atoms with Gasteiger partial charge in [0.25, 0.3) is 0 Å². The Balaban J connectivity index is -0.0000000287. The van der Waals surface area contributed by atoms with E-state index in [1.165, 1.54) is 12.8 Å². The minimum atomic E-state index is 0.935. The molecule has 0 nitrogen and oxygen atoms in total. The maximum absolute atomic E-state index is 3.00. The second kappa shape index (κ2) is 78.2. The number of hydrogen-bond donors (Lipinski definition) is 0. The summed E-state index contributed by atoms with van der Waals surface area (Å²) in [6.45, 7) is 24.7. The molecule has 0 heteroatoms. The fourth-order valence-corrected chi connectivity index (χ4v) is 0.289. The van der Waals surface area contributed by atoms with Gasteiger partial charge in [-0.05, 0) is 5.92 Å². The van der Waals surface area contributed by atoms with Crippen LogP contribution in [0.3, 0.4) is 0 Å². The lowest BCUT2D eigenvalue weighted by Crippen LogP contribution is -1.85. The standard InChI is InChI=1S/C6H14.3C2H6.C2H4/c1-4-6(3)5-2;4*1-2/h6H,4-5H2,1-3H3;3*1-2H3;1-2H2. The topological polar surface area (TPSA) is 0 Å². The third kappa shape index (κ3) is 96.8. The molecule has 0 aromatic heterocycles. The van der Waals surface area contributed by atoms with E-state index in [0.717, 1.165) is 5.92 Å². The molecule has 0 saturated carbocycles. The summed E-state index contributed by atoms with van der Waals surface area (Å²) in [7, 11) is 0. The van der Waals surface area contributed by atoms with Gasteiger partial charge in [0.1, 0.15) is 0 Å². The van der Waals surface area contributed by atoms with Gasteiger partial charge in [-0.1, -0.05) is 75.2 Å². The van der Waals surface area contributed by atoms with Crippen LogP contribution < -0.4 is 0 Å². The predicted octanol–water partition coefficient (Wildman–Crippen LogP) is 6.32. The molecular formula is C14H36. The van der Waals surface area contributed by atoms with Gasteiger partial charge in [0.05, 0.1) is 0 Å². The molecule has 0 aromatic carbocycles. The Morgan fingerprint density at radius 3 is 0.857 bits per heavy atom. The van der Waals surface area contributed by atoms with Crippen molar-refractivity contribution in [2.75, 3.05) is 0 Å². The lowest BCUT2D eigenvalue weighted by molar-refractivity contribution is 0.544. The predicted molar refractivity (Wildman–Crippen MR) is 75.0 cm³/mol. The molecule has 0 rings (SSSR count). The molecule has 0 spiro atoms. The number of hydrogen-bond acceptors (Lipinski definition) is 0. The van der Waals surface area contributed by atoms with Gasteiger partial charge in [-0.15, -0.1) is 13.2 Å². The minimum Gasteiger partial charge on any atom is -0.106 e. The third-order valence-corrected chi connectivity index (χ3v) is 1.39. The van der Waals surface area contributed by atoms with Crippen molar-refractivity contribution in [3.63, 3.8) is 0 Å². The summed E-state index contributed by atoms with van der Waals surface area (Å²) in [4.78, 5) is 0. The first-order chi connectivity index (χ1) is 6.81. The quantitative estimate of drug-likeness (QED) is 0.461. The molecule has 0 aromatic rings. The molecule has 0 aliphatic carbocycles. The zero-order valence-electron chi connectivity index (χ0n) is 12.4. The van der Waals surface area contributed by atoms with Crippen LogP contribution in [-0.4, -0.2) is 0 Å². The highest BCUT2D eigenvalue weighted by Gasteiger charge is 1.88. The van der Waals surface area contributed by atoms with E-state index in [9.17, 15) is 0 Å². The fraction of sp³-hybridized carbons (Fsp3) is 0.857. The van der Waals surface area contributed by atoms with Crippen LogP contribution in [0.15, 0.2) is 13.2 Å². The third-order valence-electron chi connectivity index (χ3n) is 1.39. The number of rotatable bonds is 2. The van der Waals surface area contributed by atoms with Gasteiger partial charge in [-0.25, -0.2) is 0 Å². The van der Waals surface area contributed by atoms with Gasteiger partial charge in [0.15, 0.2) is 0 Å². The highest BCUT2D eigenvalue weighted by Crippen LogP contribution is 2.02. The van der Waals surface area contributed by atoms with Gasteiger partial charge in [0.2, 0.25) is 0 Å². The maximum Gasteiger partial charge on any atom is -0.0448 e. The van der Waals surface area contributed by atoms with Crippen molar-refractivity contribution in [3.8, 4) is 0 Å². The van der Waals surface area contributed by atoms with Crippen molar-refractivity contribution in [1.82, 2.24) is 0 Å². The van der Waals surface area contributed by atoms with E-state index in [-0.39, 0.29) is 0 Å². The Morgan fingerprint density at radius 1 is 0.714 bits per heavy atom. The summed E-state index contributed by atoms with van der Waals surface area (Å²) in [6, 6.07) is 0. The summed E-state index contributed by atoms with van der Waals surface area (Å²) in [5.74, 6) is 0.935. The van der Waals surface area contributed by atoms with Gasteiger partial charge >= 0.3 is 0 Å². The molecule has 0 bridgehead atoms. The first kappa shape index (κ1) is 29.2. The molecule has 0 aliphatic rings. The van der Waals surface area contributed by atoms with Gasteiger partial charge in [-0.2, -0.15) is 0 Å². The van der Waals surface area contributed by atoms with Crippen molar-refractivity contribution < 1.29 is 0 Å². The van der Waals surface area contributed by atoms with Crippen LogP contribution in [0, 0.1) is 5.92 Å². The molecule has 0 aliphatic heterocycles. The van der Waals surface area contributed by atoms with Crippen molar-refractivity contribution >= 4 is 0 Å². The molecule has 0 fully saturated rings. The Kier molecular flexibility index (Phi) is 163. The van der Waals surface area contributed by atoms with Crippen LogP contribution in [0.1, 0.15) is 75.2 Å². The Morgan fingerprint density at radius 2 is 0.857 bits per heavy atom. The summed E-state index contributed by atoms with van der Waals surface area (Å²) in [6.07, 6.45) is 2.66. The van der Waals surface area contributed by atoms with E-state index < -0.39 is 0 Å². The van der Waals surface area contributed by atoms with E-state index in [4.69, 9.17) is 0 Å². The van der Waals surface area contributed by atoms with Crippen LogP contribution >= 0.6 is 0 Å². The summed E-state index contributed by atoms with van der Waals surface area (Å²) in [5.41, 5.74) is 0. The highest BCUT2D eigenvalue weighted by molar-refractivity contribution is 4.41.